The number of halogens is 1. The lowest BCUT2D eigenvalue weighted by Gasteiger charge is -2.33. The van der Waals surface area contributed by atoms with Crippen molar-refractivity contribution >= 4 is 16.9 Å². The number of amides is 1. The topological polar surface area (TPSA) is 38.1 Å². The molecule has 1 saturated heterocycles. The molecule has 0 bridgehead atoms. The quantitative estimate of drug-likeness (QED) is 0.667. The highest BCUT2D eigenvalue weighted by Gasteiger charge is 2.27. The standard InChI is InChI=1S/C22H24FN3O/c1-14-7-8-20-21(13-14)26(16(3)24-20)17-9-11-25(12-10-17)22(27)18-5-4-6-19(23)15(18)2/h4-8,13,17H,9-12H2,1-3H3. The fourth-order valence-electron chi connectivity index (χ4n) is 4.12. The third-order valence-electron chi connectivity index (χ3n) is 5.64. The van der Waals surface area contributed by atoms with Gasteiger partial charge in [-0.2, -0.15) is 0 Å². The van der Waals surface area contributed by atoms with Crippen LogP contribution in [0.15, 0.2) is 36.4 Å². The Bertz CT molecular complexity index is 1020. The first-order valence-electron chi connectivity index (χ1n) is 9.45. The Labute approximate surface area is 158 Å². The van der Waals surface area contributed by atoms with E-state index in [1.54, 1.807) is 19.1 Å². The first kappa shape index (κ1) is 17.7. The number of aryl methyl sites for hydroxylation is 2. The van der Waals surface area contributed by atoms with Gasteiger partial charge in [0.1, 0.15) is 11.6 Å². The molecular weight excluding hydrogens is 341 g/mol. The Hall–Kier alpha value is -2.69. The number of likely N-dealkylation sites (tertiary alicyclic amines) is 1. The first-order valence-corrected chi connectivity index (χ1v) is 9.45. The Morgan fingerprint density at radius 2 is 1.85 bits per heavy atom. The van der Waals surface area contributed by atoms with Crippen molar-refractivity contribution in [2.75, 3.05) is 13.1 Å². The van der Waals surface area contributed by atoms with Gasteiger partial charge in [-0.15, -0.1) is 0 Å². The van der Waals surface area contributed by atoms with E-state index in [2.05, 4.69) is 29.7 Å². The summed E-state index contributed by atoms with van der Waals surface area (Å²) in [6.07, 6.45) is 1.75. The van der Waals surface area contributed by atoms with Gasteiger partial charge in [-0.1, -0.05) is 12.1 Å². The number of carbonyl (C=O) groups excluding carboxylic acids is 1. The van der Waals surface area contributed by atoms with Crippen LogP contribution in [0.1, 0.15) is 46.2 Å². The predicted molar refractivity (Wildman–Crippen MR) is 105 cm³/mol. The van der Waals surface area contributed by atoms with Crippen LogP contribution in [0.4, 0.5) is 4.39 Å². The fourth-order valence-corrected chi connectivity index (χ4v) is 4.12. The van der Waals surface area contributed by atoms with E-state index in [-0.39, 0.29) is 11.7 Å². The second kappa shape index (κ2) is 6.80. The fraction of sp³-hybridized carbons (Fsp3) is 0.364. The van der Waals surface area contributed by atoms with Crippen molar-refractivity contribution in [3.8, 4) is 0 Å². The molecular formula is C22H24FN3O. The Balaban J connectivity index is 1.54. The molecule has 1 aliphatic rings. The summed E-state index contributed by atoms with van der Waals surface area (Å²) in [5.74, 6) is 0.612. The van der Waals surface area contributed by atoms with Gasteiger partial charge < -0.3 is 9.47 Å². The molecule has 1 fully saturated rings. The number of benzene rings is 2. The number of carbonyl (C=O) groups is 1. The SMILES string of the molecule is Cc1ccc2nc(C)n(C3CCN(C(=O)c4cccc(F)c4C)CC3)c2c1. The average Bonchev–Trinajstić information content (AvgIpc) is 2.98. The summed E-state index contributed by atoms with van der Waals surface area (Å²) in [5.41, 5.74) is 4.30. The molecule has 0 aliphatic carbocycles. The van der Waals surface area contributed by atoms with E-state index in [0.717, 1.165) is 24.2 Å². The van der Waals surface area contributed by atoms with Gasteiger partial charge in [-0.3, -0.25) is 4.79 Å². The highest BCUT2D eigenvalue weighted by Crippen LogP contribution is 2.30. The zero-order valence-electron chi connectivity index (χ0n) is 16.0. The van der Waals surface area contributed by atoms with E-state index in [1.165, 1.54) is 17.1 Å². The molecule has 1 aromatic heterocycles. The molecule has 140 valence electrons. The van der Waals surface area contributed by atoms with Crippen molar-refractivity contribution in [2.24, 2.45) is 0 Å². The molecule has 1 aliphatic heterocycles. The molecule has 2 aromatic carbocycles. The number of nitrogens with zero attached hydrogens (tertiary/aromatic N) is 3. The van der Waals surface area contributed by atoms with Crippen molar-refractivity contribution in [1.82, 2.24) is 14.5 Å². The second-order valence-corrected chi connectivity index (χ2v) is 7.46. The molecule has 4 rings (SSSR count). The van der Waals surface area contributed by atoms with Crippen LogP contribution in [0.2, 0.25) is 0 Å². The molecule has 3 aromatic rings. The van der Waals surface area contributed by atoms with Crippen molar-refractivity contribution in [2.45, 2.75) is 39.7 Å². The largest absolute Gasteiger partial charge is 0.338 e. The van der Waals surface area contributed by atoms with Gasteiger partial charge in [0, 0.05) is 24.7 Å². The van der Waals surface area contributed by atoms with Gasteiger partial charge in [0.15, 0.2) is 0 Å². The van der Waals surface area contributed by atoms with E-state index in [0.29, 0.717) is 30.3 Å². The third kappa shape index (κ3) is 3.11. The highest BCUT2D eigenvalue weighted by atomic mass is 19.1. The van der Waals surface area contributed by atoms with Crippen LogP contribution < -0.4 is 0 Å². The maximum Gasteiger partial charge on any atom is 0.254 e. The molecule has 4 nitrogen and oxygen atoms in total. The summed E-state index contributed by atoms with van der Waals surface area (Å²) in [7, 11) is 0. The van der Waals surface area contributed by atoms with Crippen molar-refractivity contribution < 1.29 is 9.18 Å². The van der Waals surface area contributed by atoms with Crippen LogP contribution in [0.25, 0.3) is 11.0 Å². The van der Waals surface area contributed by atoms with Crippen LogP contribution in [-0.2, 0) is 0 Å². The minimum absolute atomic E-state index is 0.0755. The average molecular weight is 365 g/mol. The molecule has 2 heterocycles. The Kier molecular flexibility index (Phi) is 4.46. The van der Waals surface area contributed by atoms with Crippen LogP contribution in [0.5, 0.6) is 0 Å². The molecule has 1 amide bonds. The molecule has 0 unspecified atom stereocenters. The lowest BCUT2D eigenvalue weighted by atomic mass is 10.0. The highest BCUT2D eigenvalue weighted by molar-refractivity contribution is 5.95. The van der Waals surface area contributed by atoms with Gasteiger partial charge in [0.2, 0.25) is 0 Å². The number of fused-ring (bicyclic) bond motifs is 1. The van der Waals surface area contributed by atoms with Gasteiger partial charge in [0.25, 0.3) is 5.91 Å². The van der Waals surface area contributed by atoms with Crippen LogP contribution >= 0.6 is 0 Å². The normalized spacial score (nSPS) is 15.5. The summed E-state index contributed by atoms with van der Waals surface area (Å²) >= 11 is 0. The minimum atomic E-state index is -0.327. The number of hydrogen-bond acceptors (Lipinski definition) is 2. The Morgan fingerprint density at radius 1 is 1.11 bits per heavy atom. The van der Waals surface area contributed by atoms with Crippen molar-refractivity contribution in [3.05, 3.63) is 64.7 Å². The second-order valence-electron chi connectivity index (χ2n) is 7.46. The molecule has 0 N–H and O–H groups in total. The lowest BCUT2D eigenvalue weighted by molar-refractivity contribution is 0.0694. The number of hydrogen-bond donors (Lipinski definition) is 0. The van der Waals surface area contributed by atoms with Crippen LogP contribution in [0, 0.1) is 26.6 Å². The van der Waals surface area contributed by atoms with Crippen molar-refractivity contribution in [1.29, 1.82) is 0 Å². The Morgan fingerprint density at radius 3 is 2.59 bits per heavy atom. The van der Waals surface area contributed by atoms with E-state index in [1.807, 2.05) is 11.8 Å². The lowest BCUT2D eigenvalue weighted by Crippen LogP contribution is -2.39. The van der Waals surface area contributed by atoms with E-state index >= 15 is 0 Å². The van der Waals surface area contributed by atoms with Gasteiger partial charge in [0.05, 0.1) is 11.0 Å². The molecule has 0 radical (unpaired) electrons. The van der Waals surface area contributed by atoms with Crippen LogP contribution in [0.3, 0.4) is 0 Å². The minimum Gasteiger partial charge on any atom is -0.338 e. The van der Waals surface area contributed by atoms with E-state index < -0.39 is 0 Å². The summed E-state index contributed by atoms with van der Waals surface area (Å²) < 4.78 is 16.1. The molecule has 0 saturated carbocycles. The molecule has 5 heteroatoms. The maximum atomic E-state index is 13.8. The molecule has 0 spiro atoms. The number of piperidine rings is 1. The number of imidazole rings is 1. The van der Waals surface area contributed by atoms with Gasteiger partial charge in [-0.05, 0) is 69.0 Å². The third-order valence-corrected chi connectivity index (χ3v) is 5.64. The van der Waals surface area contributed by atoms with E-state index in [4.69, 9.17) is 4.98 Å². The van der Waals surface area contributed by atoms with E-state index in [9.17, 15) is 9.18 Å². The summed E-state index contributed by atoms with van der Waals surface area (Å²) in [6, 6.07) is 11.4. The molecule has 27 heavy (non-hydrogen) atoms. The van der Waals surface area contributed by atoms with Gasteiger partial charge >= 0.3 is 0 Å². The summed E-state index contributed by atoms with van der Waals surface area (Å²) in [5, 5.41) is 0. The zero-order valence-corrected chi connectivity index (χ0v) is 16.0. The van der Waals surface area contributed by atoms with Crippen LogP contribution in [-0.4, -0.2) is 33.4 Å². The molecule has 0 atom stereocenters. The van der Waals surface area contributed by atoms with Crippen molar-refractivity contribution in [3.63, 3.8) is 0 Å². The summed E-state index contributed by atoms with van der Waals surface area (Å²) in [6.45, 7) is 7.14. The smallest absolute Gasteiger partial charge is 0.254 e. The first-order chi connectivity index (χ1) is 13.0. The summed E-state index contributed by atoms with van der Waals surface area (Å²) in [4.78, 5) is 19.4. The zero-order chi connectivity index (χ0) is 19.1. The predicted octanol–water partition coefficient (Wildman–Crippen LogP) is 4.58. The maximum absolute atomic E-state index is 13.8. The number of aromatic nitrogens is 2. The van der Waals surface area contributed by atoms with Gasteiger partial charge in [-0.25, -0.2) is 9.37 Å². The monoisotopic (exact) mass is 365 g/mol. The number of rotatable bonds is 2.